The van der Waals surface area contributed by atoms with Crippen LogP contribution in [0.2, 0.25) is 0 Å². The molecule has 3 rings (SSSR count). The average molecular weight is 346 g/mol. The van der Waals surface area contributed by atoms with Gasteiger partial charge < -0.3 is 5.11 Å². The summed E-state index contributed by atoms with van der Waals surface area (Å²) < 4.78 is 0.662. The predicted molar refractivity (Wildman–Crippen MR) is 84.1 cm³/mol. The van der Waals surface area contributed by atoms with Crippen LogP contribution in [0.3, 0.4) is 0 Å². The molecular weight excluding hydrogens is 334 g/mol. The van der Waals surface area contributed by atoms with Crippen molar-refractivity contribution in [1.82, 2.24) is 0 Å². The molecule has 1 amide bonds. The third kappa shape index (κ3) is 2.05. The third-order valence-corrected chi connectivity index (χ3v) is 4.27. The second kappa shape index (κ2) is 5.00. The first kappa shape index (κ1) is 13.8. The molecule has 5 heteroatoms. The molecule has 21 heavy (non-hydrogen) atoms. The van der Waals surface area contributed by atoms with Crippen LogP contribution in [-0.4, -0.2) is 23.5 Å². The van der Waals surface area contributed by atoms with Crippen molar-refractivity contribution in [3.05, 3.63) is 52.0 Å². The molecule has 1 aliphatic rings. The molecule has 0 spiro atoms. The van der Waals surface area contributed by atoms with Gasteiger partial charge in [0.15, 0.2) is 5.78 Å². The van der Waals surface area contributed by atoms with Crippen molar-refractivity contribution >= 4 is 33.5 Å². The van der Waals surface area contributed by atoms with E-state index in [4.69, 9.17) is 0 Å². The maximum Gasteiger partial charge on any atom is 0.411 e. The van der Waals surface area contributed by atoms with E-state index in [0.717, 1.165) is 11.1 Å². The lowest BCUT2D eigenvalue weighted by molar-refractivity contribution is 0.104. The average Bonchev–Trinajstić information content (AvgIpc) is 2.73. The van der Waals surface area contributed by atoms with Gasteiger partial charge in [0.2, 0.25) is 0 Å². The van der Waals surface area contributed by atoms with Gasteiger partial charge in [-0.1, -0.05) is 24.3 Å². The molecular formula is C16H12BrNO3. The van der Waals surface area contributed by atoms with Crippen LogP contribution in [0, 0.1) is 0 Å². The molecule has 0 bridgehead atoms. The number of amides is 1. The minimum absolute atomic E-state index is 0.0595. The molecule has 1 N–H and O–H groups in total. The summed E-state index contributed by atoms with van der Waals surface area (Å²) in [5.41, 5.74) is 3.43. The molecule has 1 aliphatic carbocycles. The van der Waals surface area contributed by atoms with E-state index in [2.05, 4.69) is 15.9 Å². The maximum atomic E-state index is 12.5. The number of fused-ring (bicyclic) bond motifs is 3. The molecule has 0 heterocycles. The SMILES string of the molecule is CCN(C(=O)O)c1cc2c(cc1Br)-c1ccccc1C2=O. The van der Waals surface area contributed by atoms with Crippen molar-refractivity contribution in [3.8, 4) is 11.1 Å². The standard InChI is InChI=1S/C16H12BrNO3/c1-2-18(16(20)21)14-8-12-11(7-13(14)17)9-5-3-4-6-10(9)15(12)19/h3-8H,2H2,1H3,(H,20,21). The van der Waals surface area contributed by atoms with Crippen LogP contribution in [0.1, 0.15) is 22.8 Å². The maximum absolute atomic E-state index is 12.5. The van der Waals surface area contributed by atoms with Gasteiger partial charge in [0.1, 0.15) is 0 Å². The van der Waals surface area contributed by atoms with Crippen LogP contribution in [-0.2, 0) is 0 Å². The Morgan fingerprint density at radius 3 is 2.43 bits per heavy atom. The highest BCUT2D eigenvalue weighted by molar-refractivity contribution is 9.10. The van der Waals surface area contributed by atoms with Gasteiger partial charge in [-0.05, 0) is 46.1 Å². The van der Waals surface area contributed by atoms with E-state index in [-0.39, 0.29) is 5.78 Å². The normalized spacial score (nSPS) is 12.0. The van der Waals surface area contributed by atoms with E-state index in [1.807, 2.05) is 24.3 Å². The molecule has 2 aromatic carbocycles. The largest absolute Gasteiger partial charge is 0.465 e. The Hall–Kier alpha value is -2.14. The van der Waals surface area contributed by atoms with Crippen molar-refractivity contribution in [3.63, 3.8) is 0 Å². The van der Waals surface area contributed by atoms with Gasteiger partial charge in [0.25, 0.3) is 0 Å². The molecule has 4 nitrogen and oxygen atoms in total. The Labute approximate surface area is 130 Å². The van der Waals surface area contributed by atoms with E-state index >= 15 is 0 Å². The Morgan fingerprint density at radius 2 is 1.81 bits per heavy atom. The highest BCUT2D eigenvalue weighted by Crippen LogP contribution is 2.41. The molecule has 0 saturated carbocycles. The Balaban J connectivity index is 2.21. The number of halogens is 1. The van der Waals surface area contributed by atoms with E-state index in [1.54, 1.807) is 19.1 Å². The molecule has 0 saturated heterocycles. The van der Waals surface area contributed by atoms with Crippen molar-refractivity contribution in [2.24, 2.45) is 0 Å². The van der Waals surface area contributed by atoms with Crippen molar-refractivity contribution in [2.45, 2.75) is 6.92 Å². The molecule has 0 atom stereocenters. The Kier molecular flexibility index (Phi) is 3.29. The summed E-state index contributed by atoms with van der Waals surface area (Å²) in [7, 11) is 0. The highest BCUT2D eigenvalue weighted by Gasteiger charge is 2.29. The summed E-state index contributed by atoms with van der Waals surface area (Å²) in [5.74, 6) is -0.0595. The fraction of sp³-hybridized carbons (Fsp3) is 0.125. The first-order valence-corrected chi connectivity index (χ1v) is 7.32. The number of carbonyl (C=O) groups excluding carboxylic acids is 1. The van der Waals surface area contributed by atoms with Crippen LogP contribution < -0.4 is 4.90 Å². The van der Waals surface area contributed by atoms with Gasteiger partial charge in [0, 0.05) is 22.1 Å². The first-order valence-electron chi connectivity index (χ1n) is 6.52. The number of benzene rings is 2. The number of carbonyl (C=O) groups is 2. The van der Waals surface area contributed by atoms with E-state index in [0.29, 0.717) is 27.8 Å². The molecule has 0 fully saturated rings. The fourth-order valence-electron chi connectivity index (χ4n) is 2.65. The number of rotatable bonds is 2. The van der Waals surface area contributed by atoms with E-state index in [1.165, 1.54) is 4.90 Å². The second-order valence-corrected chi connectivity index (χ2v) is 5.61. The molecule has 0 aliphatic heterocycles. The van der Waals surface area contributed by atoms with Crippen LogP contribution in [0.5, 0.6) is 0 Å². The summed E-state index contributed by atoms with van der Waals surface area (Å²) >= 11 is 3.42. The third-order valence-electron chi connectivity index (χ3n) is 3.63. The summed E-state index contributed by atoms with van der Waals surface area (Å²) in [6.45, 7) is 2.07. The van der Waals surface area contributed by atoms with E-state index < -0.39 is 6.09 Å². The smallest absolute Gasteiger partial charge is 0.411 e. The van der Waals surface area contributed by atoms with Gasteiger partial charge in [-0.15, -0.1) is 0 Å². The molecule has 0 radical (unpaired) electrons. The van der Waals surface area contributed by atoms with Crippen molar-refractivity contribution < 1.29 is 14.7 Å². The monoisotopic (exact) mass is 345 g/mol. The number of carboxylic acid groups (broad SMARTS) is 1. The fourth-order valence-corrected chi connectivity index (χ4v) is 3.21. The predicted octanol–water partition coefficient (Wildman–Crippen LogP) is 4.16. The number of nitrogens with zero attached hydrogens (tertiary/aromatic N) is 1. The Bertz CT molecular complexity index is 770. The lowest BCUT2D eigenvalue weighted by Gasteiger charge is -2.19. The lowest BCUT2D eigenvalue weighted by Crippen LogP contribution is -2.29. The molecule has 106 valence electrons. The zero-order valence-electron chi connectivity index (χ0n) is 11.3. The quantitative estimate of drug-likeness (QED) is 0.758. The summed E-state index contributed by atoms with van der Waals surface area (Å²) in [6.07, 6.45) is -1.04. The van der Waals surface area contributed by atoms with Gasteiger partial charge >= 0.3 is 6.09 Å². The summed E-state index contributed by atoms with van der Waals surface area (Å²) in [4.78, 5) is 25.0. The lowest BCUT2D eigenvalue weighted by atomic mass is 10.1. The highest BCUT2D eigenvalue weighted by atomic mass is 79.9. The number of anilines is 1. The topological polar surface area (TPSA) is 57.6 Å². The van der Waals surface area contributed by atoms with Gasteiger partial charge in [0.05, 0.1) is 5.69 Å². The van der Waals surface area contributed by atoms with Crippen molar-refractivity contribution in [1.29, 1.82) is 0 Å². The zero-order chi connectivity index (χ0) is 15.1. The minimum atomic E-state index is -1.04. The molecule has 0 unspecified atom stereocenters. The van der Waals surface area contributed by atoms with E-state index in [9.17, 15) is 14.7 Å². The van der Waals surface area contributed by atoms with Crippen LogP contribution in [0.4, 0.5) is 10.5 Å². The van der Waals surface area contributed by atoms with Crippen molar-refractivity contribution in [2.75, 3.05) is 11.4 Å². The second-order valence-electron chi connectivity index (χ2n) is 4.75. The van der Waals surface area contributed by atoms with Crippen LogP contribution >= 0.6 is 15.9 Å². The zero-order valence-corrected chi connectivity index (χ0v) is 12.8. The number of hydrogen-bond acceptors (Lipinski definition) is 2. The number of ketones is 1. The molecule has 0 aromatic heterocycles. The summed E-state index contributed by atoms with van der Waals surface area (Å²) in [6, 6.07) is 10.9. The van der Waals surface area contributed by atoms with Crippen LogP contribution in [0.25, 0.3) is 11.1 Å². The number of hydrogen-bond donors (Lipinski definition) is 1. The minimum Gasteiger partial charge on any atom is -0.465 e. The summed E-state index contributed by atoms with van der Waals surface area (Å²) in [5, 5.41) is 9.26. The molecule has 2 aromatic rings. The van der Waals surface area contributed by atoms with Gasteiger partial charge in [-0.2, -0.15) is 0 Å². The first-order chi connectivity index (χ1) is 10.0. The van der Waals surface area contributed by atoms with Gasteiger partial charge in [-0.25, -0.2) is 4.79 Å². The van der Waals surface area contributed by atoms with Gasteiger partial charge in [-0.3, -0.25) is 9.69 Å². The Morgan fingerprint density at radius 1 is 1.14 bits per heavy atom. The van der Waals surface area contributed by atoms with Crippen LogP contribution in [0.15, 0.2) is 40.9 Å².